The Bertz CT molecular complexity index is 573. The van der Waals surface area contributed by atoms with Gasteiger partial charge >= 0.3 is 0 Å². The number of imidazole rings is 1. The second kappa shape index (κ2) is 6.28. The van der Waals surface area contributed by atoms with E-state index < -0.39 is 0 Å². The van der Waals surface area contributed by atoms with Crippen molar-refractivity contribution in [1.82, 2.24) is 9.55 Å². The van der Waals surface area contributed by atoms with Crippen molar-refractivity contribution in [2.24, 2.45) is 11.7 Å². The molecule has 112 valence electrons. The summed E-state index contributed by atoms with van der Waals surface area (Å²) in [5.74, 6) is 1.24. The molecule has 1 fully saturated rings. The van der Waals surface area contributed by atoms with E-state index in [4.69, 9.17) is 15.2 Å². The Morgan fingerprint density at radius 1 is 1.43 bits per heavy atom. The number of aromatic nitrogens is 2. The summed E-state index contributed by atoms with van der Waals surface area (Å²) in [6, 6.07) is 7.92. The third-order valence-electron chi connectivity index (χ3n) is 3.91. The quantitative estimate of drug-likeness (QED) is 0.916. The first kappa shape index (κ1) is 14.1. The molecule has 5 nitrogen and oxygen atoms in total. The summed E-state index contributed by atoms with van der Waals surface area (Å²) in [7, 11) is 0. The predicted molar refractivity (Wildman–Crippen MR) is 80.6 cm³/mol. The van der Waals surface area contributed by atoms with Gasteiger partial charge in [0.1, 0.15) is 5.75 Å². The van der Waals surface area contributed by atoms with Crippen LogP contribution in [0.5, 0.6) is 5.75 Å². The molecule has 0 amide bonds. The van der Waals surface area contributed by atoms with Gasteiger partial charge in [-0.15, -0.1) is 0 Å². The van der Waals surface area contributed by atoms with E-state index in [9.17, 15) is 0 Å². The molecule has 5 heteroatoms. The minimum atomic E-state index is -0.0541. The van der Waals surface area contributed by atoms with E-state index in [1.807, 2.05) is 42.0 Å². The van der Waals surface area contributed by atoms with E-state index in [2.05, 4.69) is 4.98 Å². The molecule has 0 radical (unpaired) electrons. The van der Waals surface area contributed by atoms with E-state index in [0.717, 1.165) is 36.8 Å². The number of hydrogen-bond donors (Lipinski definition) is 1. The van der Waals surface area contributed by atoms with Gasteiger partial charge in [0.25, 0.3) is 0 Å². The number of nitrogens with zero attached hydrogens (tertiary/aromatic N) is 2. The molecule has 1 aromatic heterocycles. The molecular formula is C16H21N3O2. The summed E-state index contributed by atoms with van der Waals surface area (Å²) >= 11 is 0. The zero-order valence-corrected chi connectivity index (χ0v) is 12.2. The van der Waals surface area contributed by atoms with E-state index in [-0.39, 0.29) is 6.04 Å². The lowest BCUT2D eigenvalue weighted by atomic mass is 9.97. The van der Waals surface area contributed by atoms with Crippen molar-refractivity contribution >= 4 is 0 Å². The first-order valence-electron chi connectivity index (χ1n) is 7.38. The molecule has 0 spiro atoms. The van der Waals surface area contributed by atoms with E-state index in [1.54, 1.807) is 6.33 Å². The van der Waals surface area contributed by atoms with Crippen molar-refractivity contribution in [3.05, 3.63) is 42.5 Å². The van der Waals surface area contributed by atoms with Crippen LogP contribution in [0.1, 0.15) is 25.1 Å². The van der Waals surface area contributed by atoms with Crippen LogP contribution in [0.3, 0.4) is 0 Å². The Morgan fingerprint density at radius 2 is 2.24 bits per heavy atom. The average Bonchev–Trinajstić information content (AvgIpc) is 3.19. The van der Waals surface area contributed by atoms with E-state index in [0.29, 0.717) is 12.5 Å². The molecule has 1 aromatic carbocycles. The maximum atomic E-state index is 6.39. The highest BCUT2D eigenvalue weighted by atomic mass is 16.5. The zero-order chi connectivity index (χ0) is 14.7. The second-order valence-corrected chi connectivity index (χ2v) is 5.26. The molecule has 2 atom stereocenters. The molecular weight excluding hydrogens is 266 g/mol. The molecule has 21 heavy (non-hydrogen) atoms. The zero-order valence-electron chi connectivity index (χ0n) is 12.2. The van der Waals surface area contributed by atoms with E-state index in [1.165, 1.54) is 0 Å². The molecule has 0 aliphatic carbocycles. The van der Waals surface area contributed by atoms with Gasteiger partial charge in [-0.3, -0.25) is 0 Å². The molecule has 2 unspecified atom stereocenters. The lowest BCUT2D eigenvalue weighted by Gasteiger charge is -2.19. The molecule has 2 N–H and O–H groups in total. The first-order chi connectivity index (χ1) is 10.3. The standard InChI is InChI=1S/C16H21N3O2/c1-2-21-14-5-3-13(4-6-14)19-11-18-9-15(19)16(17)12-7-8-20-10-12/h3-6,9,11-12,16H,2,7-8,10,17H2,1H3. The van der Waals surface area contributed by atoms with Crippen LogP contribution in [0.4, 0.5) is 0 Å². The Morgan fingerprint density at radius 3 is 2.90 bits per heavy atom. The highest BCUT2D eigenvalue weighted by Crippen LogP contribution is 2.28. The van der Waals surface area contributed by atoms with Crippen molar-refractivity contribution in [2.75, 3.05) is 19.8 Å². The van der Waals surface area contributed by atoms with Crippen LogP contribution in [0, 0.1) is 5.92 Å². The third kappa shape index (κ3) is 2.94. The first-order valence-corrected chi connectivity index (χ1v) is 7.38. The molecule has 2 aromatic rings. The summed E-state index contributed by atoms with van der Waals surface area (Å²) < 4.78 is 12.9. The van der Waals surface area contributed by atoms with Crippen LogP contribution >= 0.6 is 0 Å². The van der Waals surface area contributed by atoms with Gasteiger partial charge in [-0.1, -0.05) is 0 Å². The molecule has 2 heterocycles. The van der Waals surface area contributed by atoms with Crippen LogP contribution in [-0.2, 0) is 4.74 Å². The third-order valence-corrected chi connectivity index (χ3v) is 3.91. The van der Waals surface area contributed by atoms with Crippen LogP contribution in [0.25, 0.3) is 5.69 Å². The Kier molecular flexibility index (Phi) is 4.22. The van der Waals surface area contributed by atoms with Crippen molar-refractivity contribution < 1.29 is 9.47 Å². The van der Waals surface area contributed by atoms with Crippen LogP contribution < -0.4 is 10.5 Å². The van der Waals surface area contributed by atoms with Crippen molar-refractivity contribution in [3.8, 4) is 11.4 Å². The van der Waals surface area contributed by atoms with Crippen molar-refractivity contribution in [1.29, 1.82) is 0 Å². The Balaban J connectivity index is 1.84. The number of rotatable bonds is 5. The fraction of sp³-hybridized carbons (Fsp3) is 0.438. The van der Waals surface area contributed by atoms with Gasteiger partial charge in [0.05, 0.1) is 37.5 Å². The highest BCUT2D eigenvalue weighted by molar-refractivity contribution is 5.39. The Labute approximate surface area is 124 Å². The van der Waals surface area contributed by atoms with Gasteiger partial charge in [0.2, 0.25) is 0 Å². The fourth-order valence-corrected chi connectivity index (χ4v) is 2.71. The normalized spacial score (nSPS) is 19.6. The lowest BCUT2D eigenvalue weighted by Crippen LogP contribution is -2.24. The number of benzene rings is 1. The molecule has 0 saturated carbocycles. The number of nitrogens with two attached hydrogens (primary N) is 1. The summed E-state index contributed by atoms with van der Waals surface area (Å²) in [5.41, 5.74) is 8.46. The van der Waals surface area contributed by atoms with Crippen LogP contribution in [0.2, 0.25) is 0 Å². The smallest absolute Gasteiger partial charge is 0.119 e. The minimum absolute atomic E-state index is 0.0541. The molecule has 1 aliphatic heterocycles. The maximum Gasteiger partial charge on any atom is 0.119 e. The molecule has 1 saturated heterocycles. The fourth-order valence-electron chi connectivity index (χ4n) is 2.71. The average molecular weight is 287 g/mol. The molecule has 0 bridgehead atoms. The monoisotopic (exact) mass is 287 g/mol. The predicted octanol–water partition coefficient (Wildman–Crippen LogP) is 2.31. The van der Waals surface area contributed by atoms with Crippen LogP contribution in [-0.4, -0.2) is 29.4 Å². The van der Waals surface area contributed by atoms with Gasteiger partial charge in [-0.05, 0) is 37.6 Å². The Hall–Kier alpha value is -1.85. The van der Waals surface area contributed by atoms with Gasteiger partial charge < -0.3 is 19.8 Å². The topological polar surface area (TPSA) is 62.3 Å². The SMILES string of the molecule is CCOc1ccc(-n2cncc2C(N)C2CCOC2)cc1. The number of ether oxygens (including phenoxy) is 2. The van der Waals surface area contributed by atoms with Gasteiger partial charge in [0.15, 0.2) is 0 Å². The largest absolute Gasteiger partial charge is 0.494 e. The second-order valence-electron chi connectivity index (χ2n) is 5.26. The number of hydrogen-bond acceptors (Lipinski definition) is 4. The van der Waals surface area contributed by atoms with Gasteiger partial charge in [0, 0.05) is 18.2 Å². The van der Waals surface area contributed by atoms with Gasteiger partial charge in [-0.25, -0.2) is 4.98 Å². The molecule has 3 rings (SSSR count). The summed E-state index contributed by atoms with van der Waals surface area (Å²) in [4.78, 5) is 4.26. The van der Waals surface area contributed by atoms with Crippen LogP contribution in [0.15, 0.2) is 36.8 Å². The maximum absolute atomic E-state index is 6.39. The van der Waals surface area contributed by atoms with E-state index >= 15 is 0 Å². The highest BCUT2D eigenvalue weighted by Gasteiger charge is 2.26. The van der Waals surface area contributed by atoms with Gasteiger partial charge in [-0.2, -0.15) is 0 Å². The summed E-state index contributed by atoms with van der Waals surface area (Å²) in [6.45, 7) is 4.18. The summed E-state index contributed by atoms with van der Waals surface area (Å²) in [6.07, 6.45) is 4.66. The van der Waals surface area contributed by atoms with Crippen molar-refractivity contribution in [3.63, 3.8) is 0 Å². The van der Waals surface area contributed by atoms with Crippen molar-refractivity contribution in [2.45, 2.75) is 19.4 Å². The summed E-state index contributed by atoms with van der Waals surface area (Å²) in [5, 5.41) is 0. The molecule has 1 aliphatic rings. The minimum Gasteiger partial charge on any atom is -0.494 e. The lowest BCUT2D eigenvalue weighted by molar-refractivity contribution is 0.180.